The van der Waals surface area contributed by atoms with Crippen molar-refractivity contribution >= 4 is 5.82 Å². The molecule has 0 amide bonds. The fraction of sp³-hybridized carbons (Fsp3) is 0.400. The van der Waals surface area contributed by atoms with Gasteiger partial charge in [-0.15, -0.1) is 0 Å². The van der Waals surface area contributed by atoms with Gasteiger partial charge in [0, 0.05) is 45.1 Å². The van der Waals surface area contributed by atoms with Crippen LogP contribution in [0.4, 0.5) is 5.82 Å². The molecule has 1 fully saturated rings. The summed E-state index contributed by atoms with van der Waals surface area (Å²) in [5.41, 5.74) is 3.34. The molecular weight excluding hydrogens is 356 g/mol. The van der Waals surface area contributed by atoms with E-state index in [0.717, 1.165) is 55.7 Å². The van der Waals surface area contributed by atoms with E-state index in [4.69, 9.17) is 9.26 Å². The number of rotatable bonds is 3. The summed E-state index contributed by atoms with van der Waals surface area (Å²) < 4.78 is 11.0. The van der Waals surface area contributed by atoms with Crippen molar-refractivity contribution in [1.82, 2.24) is 25.0 Å². The Morgan fingerprint density at radius 1 is 1.07 bits per heavy atom. The van der Waals surface area contributed by atoms with Crippen LogP contribution in [0.1, 0.15) is 28.5 Å². The minimum absolute atomic E-state index is 0.485. The second kappa shape index (κ2) is 7.20. The van der Waals surface area contributed by atoms with Crippen LogP contribution >= 0.6 is 0 Å². The lowest BCUT2D eigenvalue weighted by atomic mass is 10.0. The summed E-state index contributed by atoms with van der Waals surface area (Å²) in [7, 11) is 0. The maximum atomic E-state index is 5.96. The van der Waals surface area contributed by atoms with Crippen LogP contribution < -0.4 is 9.64 Å². The summed E-state index contributed by atoms with van der Waals surface area (Å²) in [6.45, 7) is 6.69. The van der Waals surface area contributed by atoms with E-state index >= 15 is 0 Å². The van der Waals surface area contributed by atoms with Crippen molar-refractivity contribution in [2.45, 2.75) is 26.5 Å². The van der Waals surface area contributed by atoms with Gasteiger partial charge in [-0.25, -0.2) is 9.97 Å². The van der Waals surface area contributed by atoms with Crippen molar-refractivity contribution in [3.63, 3.8) is 0 Å². The Bertz CT molecular complexity index is 980. The molecule has 0 spiro atoms. The number of aromatic nitrogens is 4. The molecule has 0 saturated carbocycles. The third kappa shape index (κ3) is 3.31. The first-order valence-corrected chi connectivity index (χ1v) is 9.56. The van der Waals surface area contributed by atoms with E-state index in [1.165, 1.54) is 11.1 Å². The summed E-state index contributed by atoms with van der Waals surface area (Å²) in [6.07, 6.45) is 2.45. The summed E-state index contributed by atoms with van der Waals surface area (Å²) in [6, 6.07) is 8.19. The molecule has 5 rings (SSSR count). The lowest BCUT2D eigenvalue weighted by molar-refractivity contribution is 0.239. The molecule has 0 bridgehead atoms. The third-order valence-corrected chi connectivity index (χ3v) is 5.32. The predicted octanol–water partition coefficient (Wildman–Crippen LogP) is 1.97. The minimum atomic E-state index is 0.485. The molecule has 8 heteroatoms. The average molecular weight is 378 g/mol. The molecule has 2 aliphatic heterocycles. The molecule has 144 valence electrons. The zero-order chi connectivity index (χ0) is 18.9. The monoisotopic (exact) mass is 378 g/mol. The number of benzene rings is 1. The fourth-order valence-electron chi connectivity index (χ4n) is 3.87. The third-order valence-electron chi connectivity index (χ3n) is 5.32. The molecule has 1 saturated heterocycles. The Morgan fingerprint density at radius 2 is 1.93 bits per heavy atom. The summed E-state index contributed by atoms with van der Waals surface area (Å²) >= 11 is 0. The van der Waals surface area contributed by atoms with Crippen molar-refractivity contribution in [3.8, 4) is 5.75 Å². The average Bonchev–Trinajstić information content (AvgIpc) is 3.03. The Kier molecular flexibility index (Phi) is 4.40. The molecule has 0 N–H and O–H groups in total. The Hall–Kier alpha value is -3.00. The van der Waals surface area contributed by atoms with Gasteiger partial charge in [-0.05, 0) is 11.6 Å². The van der Waals surface area contributed by atoms with Gasteiger partial charge >= 0.3 is 0 Å². The zero-order valence-electron chi connectivity index (χ0n) is 15.8. The van der Waals surface area contributed by atoms with Gasteiger partial charge in [-0.2, -0.15) is 4.98 Å². The normalized spacial score (nSPS) is 16.8. The molecule has 2 aliphatic rings. The van der Waals surface area contributed by atoms with E-state index in [2.05, 4.69) is 42.0 Å². The Labute approximate surface area is 163 Å². The van der Waals surface area contributed by atoms with Crippen molar-refractivity contribution in [2.75, 3.05) is 31.1 Å². The van der Waals surface area contributed by atoms with Crippen LogP contribution in [-0.4, -0.2) is 51.2 Å². The van der Waals surface area contributed by atoms with Gasteiger partial charge < -0.3 is 14.2 Å². The van der Waals surface area contributed by atoms with Crippen molar-refractivity contribution in [2.24, 2.45) is 0 Å². The number of hydrogen-bond donors (Lipinski definition) is 0. The largest absolute Gasteiger partial charge is 0.487 e. The number of nitrogens with zero attached hydrogens (tertiary/aromatic N) is 6. The van der Waals surface area contributed by atoms with Gasteiger partial charge in [-0.3, -0.25) is 4.90 Å². The summed E-state index contributed by atoms with van der Waals surface area (Å²) in [5.74, 6) is 3.32. The van der Waals surface area contributed by atoms with Gasteiger partial charge in [0.25, 0.3) is 0 Å². The van der Waals surface area contributed by atoms with Crippen LogP contribution in [0.2, 0.25) is 0 Å². The van der Waals surface area contributed by atoms with E-state index in [-0.39, 0.29) is 0 Å². The number of para-hydroxylation sites is 1. The highest BCUT2D eigenvalue weighted by atomic mass is 16.5. The van der Waals surface area contributed by atoms with Crippen molar-refractivity contribution in [1.29, 1.82) is 0 Å². The fourth-order valence-corrected chi connectivity index (χ4v) is 3.87. The van der Waals surface area contributed by atoms with Crippen LogP contribution in [0.25, 0.3) is 0 Å². The van der Waals surface area contributed by atoms with E-state index in [1.54, 1.807) is 6.33 Å². The summed E-state index contributed by atoms with van der Waals surface area (Å²) in [5, 5.41) is 4.00. The second-order valence-corrected chi connectivity index (χ2v) is 7.19. The van der Waals surface area contributed by atoms with E-state index in [9.17, 15) is 0 Å². The standard InChI is InChI=1S/C20H22N6O2/c1-14-23-19(24-28-14)11-25-6-8-26(9-7-25)20-16-10-15-4-2-3-5-18(15)27-12-17(16)21-13-22-20/h2-5,13H,6-12H2,1H3. The maximum absolute atomic E-state index is 5.96. The van der Waals surface area contributed by atoms with Crippen LogP contribution in [-0.2, 0) is 19.6 Å². The van der Waals surface area contributed by atoms with Gasteiger partial charge in [0.1, 0.15) is 24.5 Å². The van der Waals surface area contributed by atoms with E-state index in [0.29, 0.717) is 19.0 Å². The van der Waals surface area contributed by atoms with Crippen LogP contribution in [0, 0.1) is 6.92 Å². The molecule has 0 radical (unpaired) electrons. The highest BCUT2D eigenvalue weighted by Gasteiger charge is 2.25. The maximum Gasteiger partial charge on any atom is 0.223 e. The van der Waals surface area contributed by atoms with Crippen molar-refractivity contribution in [3.05, 3.63) is 59.1 Å². The second-order valence-electron chi connectivity index (χ2n) is 7.19. The van der Waals surface area contributed by atoms with Gasteiger partial charge in [0.05, 0.1) is 12.2 Å². The molecule has 0 atom stereocenters. The molecule has 3 aromatic rings. The zero-order valence-corrected chi connectivity index (χ0v) is 15.8. The van der Waals surface area contributed by atoms with Crippen LogP contribution in [0.15, 0.2) is 35.1 Å². The highest BCUT2D eigenvalue weighted by molar-refractivity contribution is 5.53. The van der Waals surface area contributed by atoms with Crippen LogP contribution in [0.3, 0.4) is 0 Å². The molecule has 1 aromatic carbocycles. The number of hydrogen-bond acceptors (Lipinski definition) is 8. The SMILES string of the molecule is Cc1nc(CN2CCN(c3ncnc4c3Cc3ccccc3OC4)CC2)no1. The predicted molar refractivity (Wildman–Crippen MR) is 102 cm³/mol. The Morgan fingerprint density at radius 3 is 2.75 bits per heavy atom. The van der Waals surface area contributed by atoms with Gasteiger partial charge in [-0.1, -0.05) is 23.4 Å². The van der Waals surface area contributed by atoms with E-state index in [1.807, 2.05) is 19.1 Å². The van der Waals surface area contributed by atoms with E-state index < -0.39 is 0 Å². The lowest BCUT2D eigenvalue weighted by Gasteiger charge is -2.35. The quantitative estimate of drug-likeness (QED) is 0.684. The molecule has 0 unspecified atom stereocenters. The number of piperazine rings is 1. The summed E-state index contributed by atoms with van der Waals surface area (Å²) in [4.78, 5) is 18.1. The molecule has 4 heterocycles. The smallest absolute Gasteiger partial charge is 0.223 e. The van der Waals surface area contributed by atoms with Crippen molar-refractivity contribution < 1.29 is 9.26 Å². The lowest BCUT2D eigenvalue weighted by Crippen LogP contribution is -2.46. The number of aryl methyl sites for hydroxylation is 1. The minimum Gasteiger partial charge on any atom is -0.487 e. The molecule has 8 nitrogen and oxygen atoms in total. The first kappa shape index (κ1) is 17.1. The number of ether oxygens (including phenoxy) is 1. The molecule has 28 heavy (non-hydrogen) atoms. The van der Waals surface area contributed by atoms with Gasteiger partial charge in [0.15, 0.2) is 5.82 Å². The number of anilines is 1. The first-order valence-electron chi connectivity index (χ1n) is 9.56. The molecular formula is C20H22N6O2. The van der Waals surface area contributed by atoms with Crippen LogP contribution in [0.5, 0.6) is 5.75 Å². The van der Waals surface area contributed by atoms with Gasteiger partial charge in [0.2, 0.25) is 5.89 Å². The highest BCUT2D eigenvalue weighted by Crippen LogP contribution is 2.31. The topological polar surface area (TPSA) is 80.4 Å². The number of fused-ring (bicyclic) bond motifs is 2. The molecule has 2 aromatic heterocycles. The Balaban J connectivity index is 1.33. The molecule has 0 aliphatic carbocycles. The first-order chi connectivity index (χ1) is 13.8.